The largest absolute Gasteiger partial charge is 0.395 e. The Morgan fingerprint density at radius 1 is 1.18 bits per heavy atom. The quantitative estimate of drug-likeness (QED) is 0.556. The molecule has 1 aromatic heterocycles. The number of halogens is 3. The van der Waals surface area contributed by atoms with E-state index in [1.165, 1.54) is 18.2 Å². The lowest BCUT2D eigenvalue weighted by Gasteiger charge is -2.20. The number of anilines is 2. The SMILES string of the molecule is CC(F)(F)c1cccc(Cc2ccnc(N3CCc4c3ccc(F)c4C(=O)NCCO)c2)c1. The molecule has 5 nitrogen and oxygen atoms in total. The van der Waals surface area contributed by atoms with Gasteiger partial charge in [0.15, 0.2) is 0 Å². The molecule has 0 aliphatic carbocycles. The molecule has 4 rings (SSSR count). The van der Waals surface area contributed by atoms with Gasteiger partial charge in [0.25, 0.3) is 11.8 Å². The van der Waals surface area contributed by atoms with E-state index in [1.54, 1.807) is 24.4 Å². The van der Waals surface area contributed by atoms with Crippen molar-refractivity contribution < 1.29 is 23.1 Å². The highest BCUT2D eigenvalue weighted by molar-refractivity contribution is 5.98. The number of pyridine rings is 1. The minimum absolute atomic E-state index is 0.0167. The summed E-state index contributed by atoms with van der Waals surface area (Å²) in [6, 6.07) is 12.9. The molecule has 0 atom stereocenters. The summed E-state index contributed by atoms with van der Waals surface area (Å²) >= 11 is 0. The standard InChI is InChI=1S/C25H24F3N3O2/c1-25(27,28)18-4-2-3-16(14-18)13-17-7-9-29-22(15-17)31-11-8-19-21(31)6-5-20(26)23(19)24(33)30-10-12-32/h2-7,9,14-15,32H,8,10-13H2,1H3,(H,30,33). The van der Waals surface area contributed by atoms with Gasteiger partial charge in [-0.05, 0) is 59.9 Å². The molecule has 2 aromatic carbocycles. The number of benzene rings is 2. The minimum Gasteiger partial charge on any atom is -0.395 e. The third-order valence-corrected chi connectivity index (χ3v) is 5.67. The van der Waals surface area contributed by atoms with Crippen molar-refractivity contribution in [3.63, 3.8) is 0 Å². The Hall–Kier alpha value is -3.39. The monoisotopic (exact) mass is 455 g/mol. The highest BCUT2D eigenvalue weighted by atomic mass is 19.3. The molecule has 3 aromatic rings. The van der Waals surface area contributed by atoms with Crippen molar-refractivity contribution >= 4 is 17.4 Å². The minimum atomic E-state index is -2.91. The third-order valence-electron chi connectivity index (χ3n) is 5.67. The molecule has 0 saturated heterocycles. The summed E-state index contributed by atoms with van der Waals surface area (Å²) in [5.41, 5.74) is 2.90. The van der Waals surface area contributed by atoms with Gasteiger partial charge < -0.3 is 15.3 Å². The topological polar surface area (TPSA) is 65.5 Å². The van der Waals surface area contributed by atoms with Gasteiger partial charge in [-0.3, -0.25) is 4.79 Å². The molecule has 172 valence electrons. The predicted octanol–water partition coefficient (Wildman–Crippen LogP) is 4.34. The molecule has 0 bridgehead atoms. The first kappa shape index (κ1) is 22.8. The van der Waals surface area contributed by atoms with Crippen molar-refractivity contribution in [3.05, 3.63) is 88.4 Å². The number of nitrogens with zero attached hydrogens (tertiary/aromatic N) is 2. The number of hydrogen-bond donors (Lipinski definition) is 2. The average molecular weight is 455 g/mol. The van der Waals surface area contributed by atoms with Gasteiger partial charge in [-0.15, -0.1) is 0 Å². The second-order valence-electron chi connectivity index (χ2n) is 8.09. The summed E-state index contributed by atoms with van der Waals surface area (Å²) in [6.45, 7) is 1.21. The van der Waals surface area contributed by atoms with E-state index in [0.29, 0.717) is 36.5 Å². The molecule has 1 aliphatic heterocycles. The second kappa shape index (κ2) is 9.23. The first-order valence-corrected chi connectivity index (χ1v) is 10.7. The molecule has 0 spiro atoms. The van der Waals surface area contributed by atoms with Crippen LogP contribution in [-0.2, 0) is 18.8 Å². The number of fused-ring (bicyclic) bond motifs is 1. The number of rotatable bonds is 7. The van der Waals surface area contributed by atoms with Crippen LogP contribution in [0.3, 0.4) is 0 Å². The summed E-state index contributed by atoms with van der Waals surface area (Å²) in [6.07, 6.45) is 2.58. The van der Waals surface area contributed by atoms with E-state index in [2.05, 4.69) is 10.3 Å². The van der Waals surface area contributed by atoms with E-state index < -0.39 is 17.6 Å². The van der Waals surface area contributed by atoms with Crippen LogP contribution in [0, 0.1) is 5.82 Å². The van der Waals surface area contributed by atoms with Gasteiger partial charge in [-0.2, -0.15) is 0 Å². The normalized spacial score (nSPS) is 13.2. The molecule has 0 unspecified atom stereocenters. The van der Waals surface area contributed by atoms with Crippen LogP contribution in [0.1, 0.15) is 39.5 Å². The van der Waals surface area contributed by atoms with Crippen LogP contribution in [0.4, 0.5) is 24.7 Å². The Morgan fingerprint density at radius 3 is 2.73 bits per heavy atom. The average Bonchev–Trinajstić information content (AvgIpc) is 3.21. The fourth-order valence-electron chi connectivity index (χ4n) is 4.11. The number of nitrogens with one attached hydrogen (secondary N) is 1. The molecule has 2 heterocycles. The molecule has 0 saturated carbocycles. The molecule has 0 radical (unpaired) electrons. The lowest BCUT2D eigenvalue weighted by atomic mass is 10.0. The van der Waals surface area contributed by atoms with Gasteiger partial charge in [-0.1, -0.05) is 18.2 Å². The Balaban J connectivity index is 1.61. The Bertz CT molecular complexity index is 1180. The lowest BCUT2D eigenvalue weighted by Crippen LogP contribution is -2.28. The summed E-state index contributed by atoms with van der Waals surface area (Å²) in [4.78, 5) is 18.8. The van der Waals surface area contributed by atoms with Crippen LogP contribution in [0.5, 0.6) is 0 Å². The van der Waals surface area contributed by atoms with Crippen LogP contribution in [-0.4, -0.2) is 35.7 Å². The zero-order chi connectivity index (χ0) is 23.6. The highest BCUT2D eigenvalue weighted by Crippen LogP contribution is 2.37. The fourth-order valence-corrected chi connectivity index (χ4v) is 4.11. The van der Waals surface area contributed by atoms with Gasteiger partial charge in [0.2, 0.25) is 0 Å². The predicted molar refractivity (Wildman–Crippen MR) is 120 cm³/mol. The molecular weight excluding hydrogens is 431 g/mol. The number of amides is 1. The number of carbonyl (C=O) groups is 1. The van der Waals surface area contributed by atoms with Gasteiger partial charge in [0.1, 0.15) is 11.6 Å². The second-order valence-corrected chi connectivity index (χ2v) is 8.09. The first-order chi connectivity index (χ1) is 15.8. The van der Waals surface area contributed by atoms with Crippen LogP contribution in [0.15, 0.2) is 54.7 Å². The number of aromatic nitrogens is 1. The molecule has 8 heteroatoms. The number of carbonyl (C=O) groups excluding carboxylic acids is 1. The molecule has 0 fully saturated rings. The molecular formula is C25H24F3N3O2. The smallest absolute Gasteiger partial charge is 0.270 e. The van der Waals surface area contributed by atoms with Crippen LogP contribution in [0.2, 0.25) is 0 Å². The number of aliphatic hydroxyl groups is 1. The Labute approximate surface area is 189 Å². The highest BCUT2D eigenvalue weighted by Gasteiger charge is 2.29. The van der Waals surface area contributed by atoms with Crippen molar-refractivity contribution in [3.8, 4) is 0 Å². The first-order valence-electron chi connectivity index (χ1n) is 10.7. The van der Waals surface area contributed by atoms with E-state index in [0.717, 1.165) is 18.1 Å². The fraction of sp³-hybridized carbons (Fsp3) is 0.280. The molecule has 33 heavy (non-hydrogen) atoms. The van der Waals surface area contributed by atoms with Crippen molar-refractivity contribution in [2.75, 3.05) is 24.6 Å². The maximum atomic E-state index is 14.5. The van der Waals surface area contributed by atoms with Gasteiger partial charge in [0.05, 0.1) is 12.2 Å². The van der Waals surface area contributed by atoms with Crippen molar-refractivity contribution in [2.45, 2.75) is 25.7 Å². The Kier molecular flexibility index (Phi) is 6.37. The van der Waals surface area contributed by atoms with Crippen molar-refractivity contribution in [1.29, 1.82) is 0 Å². The summed E-state index contributed by atoms with van der Waals surface area (Å²) in [5.74, 6) is -3.44. The van der Waals surface area contributed by atoms with Gasteiger partial charge >= 0.3 is 0 Å². The van der Waals surface area contributed by atoms with E-state index in [1.807, 2.05) is 17.0 Å². The zero-order valence-electron chi connectivity index (χ0n) is 18.1. The van der Waals surface area contributed by atoms with E-state index in [-0.39, 0.29) is 24.3 Å². The number of aliphatic hydroxyl groups excluding tert-OH is 1. The van der Waals surface area contributed by atoms with Gasteiger partial charge in [-0.25, -0.2) is 18.2 Å². The van der Waals surface area contributed by atoms with Crippen LogP contribution in [0.25, 0.3) is 0 Å². The maximum absolute atomic E-state index is 14.5. The molecule has 1 amide bonds. The summed E-state index contributed by atoms with van der Waals surface area (Å²) in [5, 5.41) is 11.4. The lowest BCUT2D eigenvalue weighted by molar-refractivity contribution is 0.0174. The number of alkyl halides is 2. The van der Waals surface area contributed by atoms with Crippen molar-refractivity contribution in [2.24, 2.45) is 0 Å². The summed E-state index contributed by atoms with van der Waals surface area (Å²) < 4.78 is 41.8. The molecule has 2 N–H and O–H groups in total. The van der Waals surface area contributed by atoms with Crippen LogP contribution >= 0.6 is 0 Å². The Morgan fingerprint density at radius 2 is 1.97 bits per heavy atom. The van der Waals surface area contributed by atoms with Crippen molar-refractivity contribution in [1.82, 2.24) is 10.3 Å². The van der Waals surface area contributed by atoms with Gasteiger partial charge in [0, 0.05) is 37.5 Å². The van der Waals surface area contributed by atoms with Crippen LogP contribution < -0.4 is 10.2 Å². The zero-order valence-corrected chi connectivity index (χ0v) is 18.1. The summed E-state index contributed by atoms with van der Waals surface area (Å²) in [7, 11) is 0. The number of hydrogen-bond acceptors (Lipinski definition) is 4. The third kappa shape index (κ3) is 4.85. The molecule has 1 aliphatic rings. The van der Waals surface area contributed by atoms with E-state index in [4.69, 9.17) is 5.11 Å². The maximum Gasteiger partial charge on any atom is 0.270 e. The van der Waals surface area contributed by atoms with E-state index >= 15 is 0 Å². The van der Waals surface area contributed by atoms with E-state index in [9.17, 15) is 18.0 Å².